The number of hydrogen-bond donors (Lipinski definition) is 2. The van der Waals surface area contributed by atoms with Crippen molar-refractivity contribution in [2.24, 2.45) is 0 Å². The number of unbranched alkanes of at least 4 members (excludes halogenated alkanes) is 3. The molecule has 0 saturated heterocycles. The Balaban J connectivity index is 3.38. The van der Waals surface area contributed by atoms with Crippen molar-refractivity contribution < 1.29 is 14.4 Å². The molecule has 0 saturated carbocycles. The fourth-order valence-electron chi connectivity index (χ4n) is 3.54. The molecule has 1 rings (SSSR count). The van der Waals surface area contributed by atoms with Gasteiger partial charge in [-0.25, -0.2) is 0 Å². The first-order chi connectivity index (χ1) is 11.9. The summed E-state index contributed by atoms with van der Waals surface area (Å²) in [5.41, 5.74) is 4.43. The van der Waals surface area contributed by atoms with Crippen molar-refractivity contribution in [2.75, 3.05) is 0 Å². The van der Waals surface area contributed by atoms with Crippen LogP contribution < -0.4 is 5.19 Å². The van der Waals surface area contributed by atoms with Gasteiger partial charge in [0.15, 0.2) is 0 Å². The minimum absolute atomic E-state index is 1.06. The van der Waals surface area contributed by atoms with Crippen LogP contribution in [-0.4, -0.2) is 25.7 Å². The van der Waals surface area contributed by atoms with Crippen LogP contribution in [0.25, 0.3) is 0 Å². The van der Waals surface area contributed by atoms with Crippen molar-refractivity contribution >= 4 is 20.8 Å². The molecule has 1 aromatic rings. The van der Waals surface area contributed by atoms with Gasteiger partial charge in [-0.2, -0.15) is 0 Å². The zero-order valence-corrected chi connectivity index (χ0v) is 17.9. The van der Waals surface area contributed by atoms with Crippen LogP contribution in [0.15, 0.2) is 12.1 Å². The lowest BCUT2D eigenvalue weighted by Gasteiger charge is -2.29. The minimum Gasteiger partial charge on any atom is -0.424 e. The fraction of sp³-hybridized carbons (Fsp3) is 0.700. The lowest BCUT2D eigenvalue weighted by Crippen LogP contribution is -2.51. The van der Waals surface area contributed by atoms with Gasteiger partial charge in [0.1, 0.15) is 0 Å². The van der Waals surface area contributed by atoms with Gasteiger partial charge < -0.3 is 14.4 Å². The molecule has 0 radical (unpaired) electrons. The van der Waals surface area contributed by atoms with Crippen molar-refractivity contribution in [3.05, 3.63) is 28.8 Å². The molecule has 0 aliphatic carbocycles. The zero-order chi connectivity index (χ0) is 18.9. The van der Waals surface area contributed by atoms with E-state index in [1.807, 2.05) is 0 Å². The van der Waals surface area contributed by atoms with Crippen molar-refractivity contribution in [3.8, 4) is 0 Å². The number of aryl methyl sites for hydroxylation is 1. The van der Waals surface area contributed by atoms with Crippen molar-refractivity contribution in [3.63, 3.8) is 0 Å². The van der Waals surface area contributed by atoms with Crippen LogP contribution in [0.1, 0.15) is 76.0 Å². The molecule has 0 atom stereocenters. The van der Waals surface area contributed by atoms with Crippen LogP contribution in [0, 0.1) is 0 Å². The maximum absolute atomic E-state index is 9.37. The van der Waals surface area contributed by atoms with Gasteiger partial charge in [-0.15, -0.1) is 0 Å². The maximum atomic E-state index is 9.37. The Labute approximate surface area is 156 Å². The second kappa shape index (κ2) is 11.2. The number of rotatable bonds is 12. The zero-order valence-electron chi connectivity index (χ0n) is 16.9. The maximum Gasteiger partial charge on any atom is 0.623 e. The Morgan fingerprint density at radius 2 is 1.36 bits per heavy atom. The van der Waals surface area contributed by atoms with E-state index < -0.39 is 15.6 Å². The molecule has 0 unspecified atom stereocenters. The molecule has 2 N–H and O–H groups in total. The third-order valence-corrected chi connectivity index (χ3v) is 7.50. The first-order valence-corrected chi connectivity index (χ1v) is 13.0. The molecule has 0 aliphatic rings. The van der Waals surface area contributed by atoms with E-state index in [4.69, 9.17) is 4.34 Å². The summed E-state index contributed by atoms with van der Waals surface area (Å²) >= 11 is 0. The summed E-state index contributed by atoms with van der Waals surface area (Å²) in [6.45, 7) is 10.8. The highest BCUT2D eigenvalue weighted by molar-refractivity contribution is 6.87. The summed E-state index contributed by atoms with van der Waals surface area (Å²) in [6.07, 6.45) is 10.5. The number of benzene rings is 1. The van der Waals surface area contributed by atoms with Gasteiger partial charge in [0.25, 0.3) is 0 Å². The fourth-order valence-corrected chi connectivity index (χ4v) is 5.68. The van der Waals surface area contributed by atoms with Crippen LogP contribution in [0.2, 0.25) is 13.1 Å². The Bertz CT molecular complexity index is 518. The minimum atomic E-state index is -2.36. The van der Waals surface area contributed by atoms with Crippen molar-refractivity contribution in [1.82, 2.24) is 0 Å². The molecular formula is C20H37BO3Si. The smallest absolute Gasteiger partial charge is 0.424 e. The summed E-state index contributed by atoms with van der Waals surface area (Å²) in [5.74, 6) is 0. The van der Waals surface area contributed by atoms with Gasteiger partial charge in [0.05, 0.1) is 0 Å². The Hall–Kier alpha value is -0.618. The lowest BCUT2D eigenvalue weighted by atomic mass is 9.91. The summed E-state index contributed by atoms with van der Waals surface area (Å²) in [4.78, 5) is 0. The highest BCUT2D eigenvalue weighted by atomic mass is 28.4. The van der Waals surface area contributed by atoms with E-state index in [1.54, 1.807) is 0 Å². The molecule has 5 heteroatoms. The van der Waals surface area contributed by atoms with E-state index in [0.717, 1.165) is 32.1 Å². The lowest BCUT2D eigenvalue weighted by molar-refractivity contribution is 0.287. The van der Waals surface area contributed by atoms with E-state index in [9.17, 15) is 10.0 Å². The SMILES string of the molecule is CCCCc1ccc([Si](C)(C)OB(O)O)c(CCCC)c1CCCC. The summed E-state index contributed by atoms with van der Waals surface area (Å²) in [5, 5.41) is 20.0. The summed E-state index contributed by atoms with van der Waals surface area (Å²) in [6, 6.07) is 4.48. The van der Waals surface area contributed by atoms with Gasteiger partial charge in [0.2, 0.25) is 8.32 Å². The van der Waals surface area contributed by atoms with Gasteiger partial charge in [-0.1, -0.05) is 52.2 Å². The van der Waals surface area contributed by atoms with E-state index in [1.165, 1.54) is 47.6 Å². The second-order valence-electron chi connectivity index (χ2n) is 7.49. The summed E-state index contributed by atoms with van der Waals surface area (Å²) < 4.78 is 5.57. The van der Waals surface area contributed by atoms with E-state index in [-0.39, 0.29) is 0 Å². The van der Waals surface area contributed by atoms with Crippen molar-refractivity contribution in [1.29, 1.82) is 0 Å². The molecule has 0 spiro atoms. The second-order valence-corrected chi connectivity index (χ2v) is 11.3. The van der Waals surface area contributed by atoms with Crippen molar-refractivity contribution in [2.45, 2.75) is 91.7 Å². The Morgan fingerprint density at radius 1 is 0.840 bits per heavy atom. The van der Waals surface area contributed by atoms with Crippen LogP contribution >= 0.6 is 0 Å². The van der Waals surface area contributed by atoms with E-state index in [2.05, 4.69) is 46.0 Å². The molecule has 0 bridgehead atoms. The largest absolute Gasteiger partial charge is 0.623 e. The van der Waals surface area contributed by atoms with Crippen LogP contribution in [0.3, 0.4) is 0 Å². The first-order valence-electron chi connectivity index (χ1n) is 10.0. The topological polar surface area (TPSA) is 49.7 Å². The van der Waals surface area contributed by atoms with E-state index in [0.29, 0.717) is 0 Å². The molecule has 0 fully saturated rings. The number of hydrogen-bond acceptors (Lipinski definition) is 3. The van der Waals surface area contributed by atoms with Gasteiger partial charge in [0, 0.05) is 0 Å². The normalized spacial score (nSPS) is 11.8. The first kappa shape index (κ1) is 22.4. The molecule has 1 aromatic carbocycles. The van der Waals surface area contributed by atoms with Crippen LogP contribution in [0.5, 0.6) is 0 Å². The third kappa shape index (κ3) is 6.89. The van der Waals surface area contributed by atoms with Gasteiger partial charge in [-0.05, 0) is 73.5 Å². The predicted molar refractivity (Wildman–Crippen MR) is 111 cm³/mol. The van der Waals surface area contributed by atoms with Crippen LogP contribution in [-0.2, 0) is 23.6 Å². The third-order valence-electron chi connectivity index (χ3n) is 4.94. The predicted octanol–water partition coefficient (Wildman–Crippen LogP) is 4.11. The molecule has 0 aliphatic heterocycles. The quantitative estimate of drug-likeness (QED) is 0.549. The highest BCUT2D eigenvalue weighted by Crippen LogP contribution is 2.23. The highest BCUT2D eigenvalue weighted by Gasteiger charge is 2.33. The average molecular weight is 364 g/mol. The molecule has 0 heterocycles. The molecule has 0 aromatic heterocycles. The molecular weight excluding hydrogens is 327 g/mol. The summed E-state index contributed by atoms with van der Waals surface area (Å²) in [7, 11) is -4.06. The van der Waals surface area contributed by atoms with Gasteiger partial charge >= 0.3 is 7.32 Å². The van der Waals surface area contributed by atoms with Crippen LogP contribution in [0.4, 0.5) is 0 Å². The van der Waals surface area contributed by atoms with Gasteiger partial charge in [-0.3, -0.25) is 0 Å². The molecule has 0 amide bonds. The average Bonchev–Trinajstić information content (AvgIpc) is 2.55. The molecule has 3 nitrogen and oxygen atoms in total. The standard InChI is InChI=1S/C20H37BO3Si/c1-6-9-12-17-15-16-20(25(4,5)24-21(22)23)19(14-11-8-3)18(17)13-10-7-2/h15-16,22-23H,6-14H2,1-5H3. The monoisotopic (exact) mass is 364 g/mol. The van der Waals surface area contributed by atoms with E-state index >= 15 is 0 Å². The molecule has 142 valence electrons. The molecule has 25 heavy (non-hydrogen) atoms. The Morgan fingerprint density at radius 3 is 1.88 bits per heavy atom. The Kier molecular flexibility index (Phi) is 10.0.